The second-order valence-electron chi connectivity index (χ2n) is 8.54. The topological polar surface area (TPSA) is 97.6 Å². The molecular formula is C25H26N4O5. The van der Waals surface area contributed by atoms with E-state index in [1.807, 2.05) is 51.1 Å². The van der Waals surface area contributed by atoms with E-state index in [-0.39, 0.29) is 12.5 Å². The van der Waals surface area contributed by atoms with Crippen molar-refractivity contribution in [2.24, 2.45) is 0 Å². The monoisotopic (exact) mass is 462 g/mol. The number of benzene rings is 2. The molecule has 9 nitrogen and oxygen atoms in total. The molecule has 0 atom stereocenters. The third kappa shape index (κ3) is 5.80. The summed E-state index contributed by atoms with van der Waals surface area (Å²) in [6.45, 7) is 5.81. The lowest BCUT2D eigenvalue weighted by Crippen LogP contribution is -2.26. The summed E-state index contributed by atoms with van der Waals surface area (Å²) in [4.78, 5) is 20.7. The Morgan fingerprint density at radius 2 is 1.85 bits per heavy atom. The van der Waals surface area contributed by atoms with Crippen LogP contribution in [0.25, 0.3) is 10.9 Å². The fourth-order valence-corrected chi connectivity index (χ4v) is 3.23. The molecule has 0 aliphatic rings. The number of hydrogen-bond acceptors (Lipinski definition) is 8. The van der Waals surface area contributed by atoms with E-state index >= 15 is 0 Å². The number of hydrogen-bond donors (Lipinski definition) is 0. The van der Waals surface area contributed by atoms with E-state index in [9.17, 15) is 4.79 Å². The molecule has 0 amide bonds. The molecule has 0 aliphatic heterocycles. The molecule has 2 heterocycles. The minimum absolute atomic E-state index is 0.0267. The summed E-state index contributed by atoms with van der Waals surface area (Å²) in [7, 11) is 1.57. The third-order valence-electron chi connectivity index (χ3n) is 4.66. The lowest BCUT2D eigenvalue weighted by atomic mass is 10.2. The van der Waals surface area contributed by atoms with Crippen molar-refractivity contribution in [2.75, 3.05) is 7.11 Å². The second-order valence-corrected chi connectivity index (χ2v) is 8.54. The van der Waals surface area contributed by atoms with Crippen molar-refractivity contribution in [1.82, 2.24) is 19.7 Å². The van der Waals surface area contributed by atoms with Gasteiger partial charge < -0.3 is 18.9 Å². The van der Waals surface area contributed by atoms with Crippen molar-refractivity contribution in [3.05, 3.63) is 66.7 Å². The van der Waals surface area contributed by atoms with Gasteiger partial charge in [-0.1, -0.05) is 30.3 Å². The molecule has 0 N–H and O–H groups in total. The molecule has 0 spiro atoms. The highest BCUT2D eigenvalue weighted by atomic mass is 16.6. The maximum atomic E-state index is 12.0. The zero-order valence-electron chi connectivity index (χ0n) is 19.5. The number of esters is 1. The van der Waals surface area contributed by atoms with Crippen LogP contribution in [0.2, 0.25) is 0 Å². The molecule has 0 saturated carbocycles. The van der Waals surface area contributed by atoms with Crippen molar-refractivity contribution in [1.29, 1.82) is 0 Å². The van der Waals surface area contributed by atoms with Gasteiger partial charge in [0.2, 0.25) is 5.88 Å². The summed E-state index contributed by atoms with van der Waals surface area (Å²) in [6, 6.07) is 13.4. The molecule has 0 bridgehead atoms. The normalized spacial score (nSPS) is 11.3. The van der Waals surface area contributed by atoms with Crippen molar-refractivity contribution in [3.63, 3.8) is 0 Å². The van der Waals surface area contributed by atoms with Crippen LogP contribution >= 0.6 is 0 Å². The van der Waals surface area contributed by atoms with Gasteiger partial charge in [-0.2, -0.15) is 5.10 Å². The van der Waals surface area contributed by atoms with Gasteiger partial charge in [0.1, 0.15) is 25.1 Å². The van der Waals surface area contributed by atoms with Crippen LogP contribution in [-0.4, -0.2) is 38.4 Å². The van der Waals surface area contributed by atoms with Gasteiger partial charge >= 0.3 is 5.97 Å². The van der Waals surface area contributed by atoms with Crippen LogP contribution < -0.4 is 14.2 Å². The van der Waals surface area contributed by atoms with E-state index in [2.05, 4.69) is 15.1 Å². The number of carbonyl (C=O) groups excluding carboxylic acids is 1. The van der Waals surface area contributed by atoms with E-state index < -0.39 is 5.60 Å². The van der Waals surface area contributed by atoms with E-state index in [0.717, 1.165) is 5.56 Å². The summed E-state index contributed by atoms with van der Waals surface area (Å²) in [6.07, 6.45) is 4.52. The number of aromatic nitrogens is 4. The molecule has 0 radical (unpaired) electrons. The average molecular weight is 463 g/mol. The number of methoxy groups -OCH3 is 1. The highest BCUT2D eigenvalue weighted by Gasteiger charge is 2.18. The zero-order chi connectivity index (χ0) is 24.1. The van der Waals surface area contributed by atoms with Gasteiger partial charge in [0.25, 0.3) is 0 Å². The van der Waals surface area contributed by atoms with Gasteiger partial charge in [0.05, 0.1) is 30.4 Å². The first-order valence-electron chi connectivity index (χ1n) is 10.7. The molecule has 2 aromatic carbocycles. The van der Waals surface area contributed by atoms with Gasteiger partial charge in [-0.05, 0) is 32.4 Å². The Morgan fingerprint density at radius 1 is 1.06 bits per heavy atom. The van der Waals surface area contributed by atoms with Crippen LogP contribution in [0.4, 0.5) is 0 Å². The molecule has 176 valence electrons. The highest BCUT2D eigenvalue weighted by Crippen LogP contribution is 2.36. The third-order valence-corrected chi connectivity index (χ3v) is 4.66. The summed E-state index contributed by atoms with van der Waals surface area (Å²) in [5.74, 6) is 1.46. The SMILES string of the molecule is COc1cc2c(Oc3cnn(CC(=O)OC(C)(C)C)c3)ncnc2cc1OCc1ccccc1. The fourth-order valence-electron chi connectivity index (χ4n) is 3.23. The predicted molar refractivity (Wildman–Crippen MR) is 125 cm³/mol. The lowest BCUT2D eigenvalue weighted by molar-refractivity contribution is -0.155. The van der Waals surface area contributed by atoms with Crippen LogP contribution in [0.1, 0.15) is 26.3 Å². The molecule has 0 saturated heterocycles. The number of nitrogens with zero attached hydrogens (tertiary/aromatic N) is 4. The van der Waals surface area contributed by atoms with E-state index in [0.29, 0.717) is 40.6 Å². The van der Waals surface area contributed by atoms with Crippen LogP contribution in [0.5, 0.6) is 23.1 Å². The summed E-state index contributed by atoms with van der Waals surface area (Å²) in [5.41, 5.74) is 1.11. The number of carbonyl (C=O) groups is 1. The lowest BCUT2D eigenvalue weighted by Gasteiger charge is -2.19. The fraction of sp³-hybridized carbons (Fsp3) is 0.280. The van der Waals surface area contributed by atoms with Gasteiger partial charge in [0.15, 0.2) is 17.2 Å². The van der Waals surface area contributed by atoms with Crippen LogP contribution in [-0.2, 0) is 22.7 Å². The number of fused-ring (bicyclic) bond motifs is 1. The largest absolute Gasteiger partial charge is 0.493 e. The Hall–Kier alpha value is -4.14. The van der Waals surface area contributed by atoms with Gasteiger partial charge in [-0.3, -0.25) is 9.48 Å². The van der Waals surface area contributed by atoms with Crippen LogP contribution in [0, 0.1) is 0 Å². The number of rotatable bonds is 8. The van der Waals surface area contributed by atoms with Gasteiger partial charge in [0, 0.05) is 6.07 Å². The van der Waals surface area contributed by atoms with Crippen LogP contribution in [0.15, 0.2) is 61.2 Å². The molecule has 0 aliphatic carbocycles. The first-order chi connectivity index (χ1) is 16.3. The number of ether oxygens (including phenoxy) is 4. The zero-order valence-corrected chi connectivity index (χ0v) is 19.5. The first kappa shape index (κ1) is 23.0. The summed E-state index contributed by atoms with van der Waals surface area (Å²) in [5, 5.41) is 4.81. The van der Waals surface area contributed by atoms with E-state index in [1.165, 1.54) is 17.2 Å². The molecule has 4 rings (SSSR count). The van der Waals surface area contributed by atoms with Gasteiger partial charge in [-0.25, -0.2) is 9.97 Å². The first-order valence-corrected chi connectivity index (χ1v) is 10.7. The molecule has 34 heavy (non-hydrogen) atoms. The molecule has 0 unspecified atom stereocenters. The Labute approximate surface area is 197 Å². The highest BCUT2D eigenvalue weighted by molar-refractivity contribution is 5.87. The van der Waals surface area contributed by atoms with E-state index in [1.54, 1.807) is 25.4 Å². The van der Waals surface area contributed by atoms with Crippen molar-refractivity contribution in [2.45, 2.75) is 39.5 Å². The van der Waals surface area contributed by atoms with Crippen molar-refractivity contribution in [3.8, 4) is 23.1 Å². The van der Waals surface area contributed by atoms with E-state index in [4.69, 9.17) is 18.9 Å². The Kier molecular flexibility index (Phi) is 6.62. The minimum Gasteiger partial charge on any atom is -0.493 e. The molecule has 2 aromatic heterocycles. The Balaban J connectivity index is 1.52. The smallest absolute Gasteiger partial charge is 0.328 e. The van der Waals surface area contributed by atoms with Crippen LogP contribution in [0.3, 0.4) is 0 Å². The predicted octanol–water partition coefficient (Wildman–Crippen LogP) is 4.55. The standard InChI is InChI=1S/C25H26N4O5/c1-25(2,3)34-23(30)14-29-13-18(12-28-29)33-24-19-10-21(31-4)22(11-20(19)26-16-27-24)32-15-17-8-6-5-7-9-17/h5-13,16H,14-15H2,1-4H3. The van der Waals surface area contributed by atoms with Gasteiger partial charge in [-0.15, -0.1) is 0 Å². The average Bonchev–Trinajstić information content (AvgIpc) is 3.23. The maximum absolute atomic E-state index is 12.0. The molecular weight excluding hydrogens is 436 g/mol. The minimum atomic E-state index is -0.563. The van der Waals surface area contributed by atoms with Crippen molar-refractivity contribution >= 4 is 16.9 Å². The Morgan fingerprint density at radius 3 is 2.59 bits per heavy atom. The Bertz CT molecular complexity index is 1280. The summed E-state index contributed by atoms with van der Waals surface area (Å²) < 4.78 is 24.2. The second kappa shape index (κ2) is 9.78. The quantitative estimate of drug-likeness (QED) is 0.352. The maximum Gasteiger partial charge on any atom is 0.328 e. The molecule has 9 heteroatoms. The molecule has 4 aromatic rings. The van der Waals surface area contributed by atoms with Crippen molar-refractivity contribution < 1.29 is 23.7 Å². The summed E-state index contributed by atoms with van der Waals surface area (Å²) >= 11 is 0. The molecule has 0 fully saturated rings.